The fourth-order valence-corrected chi connectivity index (χ4v) is 2.00. The molecular formula is C15H16BrNO2. The van der Waals surface area contributed by atoms with Gasteiger partial charge in [0.05, 0.1) is 11.9 Å². The highest BCUT2D eigenvalue weighted by molar-refractivity contribution is 9.10. The minimum absolute atomic E-state index is 0.00479. The van der Waals surface area contributed by atoms with Crippen LogP contribution >= 0.6 is 15.9 Å². The Kier molecular flexibility index (Phi) is 4.43. The van der Waals surface area contributed by atoms with E-state index >= 15 is 0 Å². The molecule has 0 bridgehead atoms. The average molecular weight is 322 g/mol. The van der Waals surface area contributed by atoms with Crippen molar-refractivity contribution in [1.82, 2.24) is 5.32 Å². The number of benzene rings is 2. The summed E-state index contributed by atoms with van der Waals surface area (Å²) in [6, 6.07) is 12.1. The Hall–Kier alpha value is -1.55. The first kappa shape index (κ1) is 13.9. The maximum atomic E-state index is 11.5. The van der Waals surface area contributed by atoms with Gasteiger partial charge >= 0.3 is 0 Å². The molecule has 0 aliphatic heterocycles. The van der Waals surface area contributed by atoms with E-state index in [0.717, 1.165) is 22.1 Å². The summed E-state index contributed by atoms with van der Waals surface area (Å²) in [5.74, 6) is 0.844. The average Bonchev–Trinajstić information content (AvgIpc) is 2.43. The molecule has 0 radical (unpaired) electrons. The molecule has 0 spiro atoms. The second-order valence-electron chi connectivity index (χ2n) is 4.38. The number of amides is 1. The van der Waals surface area contributed by atoms with E-state index < -0.39 is 0 Å². The molecule has 0 saturated carbocycles. The van der Waals surface area contributed by atoms with Crippen LogP contribution < -0.4 is 10.1 Å². The smallest absolute Gasteiger partial charge is 0.233 e. The molecule has 0 heterocycles. The van der Waals surface area contributed by atoms with Crippen LogP contribution in [0.4, 0.5) is 0 Å². The molecule has 1 atom stereocenters. The van der Waals surface area contributed by atoms with Crippen molar-refractivity contribution >= 4 is 32.6 Å². The lowest BCUT2D eigenvalue weighted by Gasteiger charge is -2.08. The molecule has 1 N–H and O–H groups in total. The summed E-state index contributed by atoms with van der Waals surface area (Å²) < 4.78 is 5.20. The number of hydrogen-bond acceptors (Lipinski definition) is 2. The van der Waals surface area contributed by atoms with Gasteiger partial charge in [0.2, 0.25) is 5.91 Å². The van der Waals surface area contributed by atoms with Crippen LogP contribution in [-0.2, 0) is 11.3 Å². The summed E-state index contributed by atoms with van der Waals surface area (Å²) >= 11 is 3.24. The Labute approximate surface area is 121 Å². The van der Waals surface area contributed by atoms with Crippen molar-refractivity contribution < 1.29 is 9.53 Å². The van der Waals surface area contributed by atoms with Gasteiger partial charge in [0.15, 0.2) is 0 Å². The Morgan fingerprint density at radius 2 is 1.95 bits per heavy atom. The Morgan fingerprint density at radius 3 is 2.63 bits per heavy atom. The monoisotopic (exact) mass is 321 g/mol. The largest absolute Gasteiger partial charge is 0.497 e. The third-order valence-electron chi connectivity index (χ3n) is 2.94. The molecule has 0 aliphatic carbocycles. The predicted molar refractivity (Wildman–Crippen MR) is 80.7 cm³/mol. The lowest BCUT2D eigenvalue weighted by molar-refractivity contribution is -0.120. The van der Waals surface area contributed by atoms with E-state index in [-0.39, 0.29) is 10.7 Å². The molecule has 2 aromatic rings. The minimum atomic E-state index is -0.169. The highest BCUT2D eigenvalue weighted by Gasteiger charge is 2.07. The van der Waals surface area contributed by atoms with Gasteiger partial charge in [-0.25, -0.2) is 0 Å². The summed E-state index contributed by atoms with van der Waals surface area (Å²) in [6.45, 7) is 2.35. The van der Waals surface area contributed by atoms with Crippen molar-refractivity contribution in [2.45, 2.75) is 18.3 Å². The minimum Gasteiger partial charge on any atom is -0.497 e. The van der Waals surface area contributed by atoms with Gasteiger partial charge in [-0.2, -0.15) is 0 Å². The van der Waals surface area contributed by atoms with Crippen LogP contribution in [0.15, 0.2) is 36.4 Å². The van der Waals surface area contributed by atoms with E-state index in [0.29, 0.717) is 6.54 Å². The first-order chi connectivity index (χ1) is 9.10. The topological polar surface area (TPSA) is 38.3 Å². The number of halogens is 1. The summed E-state index contributed by atoms with van der Waals surface area (Å²) in [4.78, 5) is 11.3. The van der Waals surface area contributed by atoms with Gasteiger partial charge in [0.1, 0.15) is 5.75 Å². The van der Waals surface area contributed by atoms with Gasteiger partial charge in [-0.3, -0.25) is 4.79 Å². The molecule has 2 rings (SSSR count). The van der Waals surface area contributed by atoms with E-state index in [2.05, 4.69) is 27.3 Å². The molecule has 3 nitrogen and oxygen atoms in total. The molecule has 0 aromatic heterocycles. The number of alkyl halides is 1. The van der Waals surface area contributed by atoms with Gasteiger partial charge in [-0.05, 0) is 41.5 Å². The molecule has 1 amide bonds. The number of rotatable bonds is 4. The zero-order valence-corrected chi connectivity index (χ0v) is 12.5. The highest BCUT2D eigenvalue weighted by Crippen LogP contribution is 2.21. The lowest BCUT2D eigenvalue weighted by atomic mass is 10.1. The highest BCUT2D eigenvalue weighted by atomic mass is 79.9. The molecule has 0 fully saturated rings. The summed E-state index contributed by atoms with van der Waals surface area (Å²) in [6.07, 6.45) is 0. The van der Waals surface area contributed by atoms with Crippen molar-refractivity contribution in [3.05, 3.63) is 42.0 Å². The van der Waals surface area contributed by atoms with E-state index in [9.17, 15) is 4.79 Å². The van der Waals surface area contributed by atoms with Crippen LogP contribution in [0, 0.1) is 0 Å². The normalized spacial score (nSPS) is 12.2. The zero-order valence-electron chi connectivity index (χ0n) is 10.9. The van der Waals surface area contributed by atoms with Crippen molar-refractivity contribution in [2.24, 2.45) is 0 Å². The number of methoxy groups -OCH3 is 1. The van der Waals surface area contributed by atoms with Gasteiger partial charge in [0, 0.05) is 6.54 Å². The first-order valence-corrected chi connectivity index (χ1v) is 7.00. The summed E-state index contributed by atoms with van der Waals surface area (Å²) in [5, 5.41) is 5.14. The first-order valence-electron chi connectivity index (χ1n) is 6.08. The number of nitrogens with one attached hydrogen (secondary N) is 1. The second-order valence-corrected chi connectivity index (χ2v) is 5.75. The predicted octanol–water partition coefficient (Wildman–Crippen LogP) is 3.25. The molecule has 19 heavy (non-hydrogen) atoms. The van der Waals surface area contributed by atoms with Crippen molar-refractivity contribution in [1.29, 1.82) is 0 Å². The Bertz CT molecular complexity index is 596. The van der Waals surface area contributed by atoms with Crippen LogP contribution in [0.5, 0.6) is 5.75 Å². The van der Waals surface area contributed by atoms with Gasteiger partial charge in [0.25, 0.3) is 0 Å². The van der Waals surface area contributed by atoms with Crippen LogP contribution in [0.2, 0.25) is 0 Å². The molecule has 0 saturated heterocycles. The van der Waals surface area contributed by atoms with Crippen LogP contribution in [-0.4, -0.2) is 17.8 Å². The molecule has 0 aliphatic rings. The summed E-state index contributed by atoms with van der Waals surface area (Å²) in [5.41, 5.74) is 1.08. The van der Waals surface area contributed by atoms with E-state index in [1.807, 2.05) is 37.3 Å². The number of ether oxygens (including phenoxy) is 1. The van der Waals surface area contributed by atoms with Crippen LogP contribution in [0.25, 0.3) is 10.8 Å². The fourth-order valence-electron chi connectivity index (χ4n) is 1.84. The van der Waals surface area contributed by atoms with Gasteiger partial charge in [-0.1, -0.05) is 34.1 Å². The van der Waals surface area contributed by atoms with Crippen LogP contribution in [0.3, 0.4) is 0 Å². The second kappa shape index (κ2) is 6.06. The molecular weight excluding hydrogens is 306 g/mol. The molecule has 1 unspecified atom stereocenters. The third-order valence-corrected chi connectivity index (χ3v) is 3.36. The maximum Gasteiger partial charge on any atom is 0.233 e. The number of hydrogen-bond donors (Lipinski definition) is 1. The van der Waals surface area contributed by atoms with Crippen molar-refractivity contribution in [3.8, 4) is 5.75 Å². The number of carbonyl (C=O) groups excluding carboxylic acids is 1. The van der Waals surface area contributed by atoms with Crippen LogP contribution in [0.1, 0.15) is 12.5 Å². The standard InChI is InChI=1S/C15H16BrNO2/c1-10(16)15(18)17-9-11-3-4-13-8-14(19-2)6-5-12(13)7-11/h3-8,10H,9H2,1-2H3,(H,17,18). The SMILES string of the molecule is COc1ccc2cc(CNC(=O)C(C)Br)ccc2c1. The maximum absolute atomic E-state index is 11.5. The van der Waals surface area contributed by atoms with Gasteiger partial charge in [-0.15, -0.1) is 0 Å². The van der Waals surface area contributed by atoms with Crippen molar-refractivity contribution in [3.63, 3.8) is 0 Å². The zero-order chi connectivity index (χ0) is 13.8. The third kappa shape index (κ3) is 3.47. The Balaban J connectivity index is 2.15. The molecule has 100 valence electrons. The van der Waals surface area contributed by atoms with Crippen molar-refractivity contribution in [2.75, 3.05) is 7.11 Å². The lowest BCUT2D eigenvalue weighted by Crippen LogP contribution is -2.28. The van der Waals surface area contributed by atoms with Gasteiger partial charge < -0.3 is 10.1 Å². The molecule has 2 aromatic carbocycles. The van der Waals surface area contributed by atoms with E-state index in [4.69, 9.17) is 4.74 Å². The quantitative estimate of drug-likeness (QED) is 0.878. The van der Waals surface area contributed by atoms with E-state index in [1.165, 1.54) is 0 Å². The number of fused-ring (bicyclic) bond motifs is 1. The van der Waals surface area contributed by atoms with E-state index in [1.54, 1.807) is 7.11 Å². The number of carbonyl (C=O) groups is 1. The fraction of sp³-hybridized carbons (Fsp3) is 0.267. The molecule has 4 heteroatoms. The Morgan fingerprint density at radius 1 is 1.26 bits per heavy atom. The summed E-state index contributed by atoms with van der Waals surface area (Å²) in [7, 11) is 1.66.